The fraction of sp³-hybridized carbons (Fsp3) is 0.417. The lowest BCUT2D eigenvalue weighted by Gasteiger charge is -2.33. The van der Waals surface area contributed by atoms with Crippen molar-refractivity contribution in [2.75, 3.05) is 11.9 Å². The van der Waals surface area contributed by atoms with E-state index in [0.29, 0.717) is 11.7 Å². The summed E-state index contributed by atoms with van der Waals surface area (Å²) < 4.78 is 26.4. The number of fused-ring (bicyclic) bond motifs is 1. The maximum Gasteiger partial charge on any atom is 0.269 e. The first-order chi connectivity index (χ1) is 15.2. The van der Waals surface area contributed by atoms with E-state index >= 15 is 0 Å². The van der Waals surface area contributed by atoms with Crippen LogP contribution in [0.2, 0.25) is 0 Å². The monoisotopic (exact) mass is 455 g/mol. The van der Waals surface area contributed by atoms with Gasteiger partial charge in [-0.3, -0.25) is 14.5 Å². The Kier molecular flexibility index (Phi) is 6.09. The Morgan fingerprint density at radius 1 is 1.12 bits per heavy atom. The molecule has 7 nitrogen and oxygen atoms in total. The smallest absolute Gasteiger partial charge is 0.269 e. The lowest BCUT2D eigenvalue weighted by atomic mass is 10.0. The van der Waals surface area contributed by atoms with Crippen LogP contribution in [0.3, 0.4) is 0 Å². The molecule has 1 saturated heterocycles. The topological polar surface area (TPSA) is 86.8 Å². The zero-order valence-electron chi connectivity index (χ0n) is 18.7. The van der Waals surface area contributed by atoms with Crippen molar-refractivity contribution in [2.45, 2.75) is 63.6 Å². The van der Waals surface area contributed by atoms with Gasteiger partial charge in [-0.15, -0.1) is 0 Å². The van der Waals surface area contributed by atoms with Gasteiger partial charge >= 0.3 is 0 Å². The Morgan fingerprint density at radius 2 is 1.84 bits per heavy atom. The predicted octanol–water partition coefficient (Wildman–Crippen LogP) is 3.87. The number of hydrogen-bond donors (Lipinski definition) is 1. The fourth-order valence-corrected chi connectivity index (χ4v) is 6.22. The minimum absolute atomic E-state index is 0.103. The van der Waals surface area contributed by atoms with Crippen LogP contribution in [0.4, 0.5) is 5.69 Å². The van der Waals surface area contributed by atoms with E-state index in [1.807, 2.05) is 24.3 Å². The van der Waals surface area contributed by atoms with Crippen LogP contribution in [0.15, 0.2) is 47.4 Å². The Morgan fingerprint density at radius 3 is 2.50 bits per heavy atom. The zero-order chi connectivity index (χ0) is 23.0. The molecule has 0 bridgehead atoms. The van der Waals surface area contributed by atoms with Crippen LogP contribution in [0.25, 0.3) is 0 Å². The van der Waals surface area contributed by atoms with Crippen LogP contribution < -0.4 is 5.32 Å². The van der Waals surface area contributed by atoms with Gasteiger partial charge in [-0.1, -0.05) is 18.6 Å². The van der Waals surface area contributed by atoms with E-state index in [9.17, 15) is 18.0 Å². The maximum absolute atomic E-state index is 12.8. The number of carbonyl (C=O) groups is 2. The van der Waals surface area contributed by atoms with E-state index in [1.165, 1.54) is 43.0 Å². The number of piperidine rings is 1. The Bertz CT molecular complexity index is 1140. The van der Waals surface area contributed by atoms with Crippen molar-refractivity contribution in [2.24, 2.45) is 0 Å². The summed E-state index contributed by atoms with van der Waals surface area (Å²) in [7, 11) is -3.95. The molecule has 2 aliphatic heterocycles. The van der Waals surface area contributed by atoms with Crippen molar-refractivity contribution in [3.63, 3.8) is 0 Å². The first-order valence-corrected chi connectivity index (χ1v) is 12.5. The van der Waals surface area contributed by atoms with Gasteiger partial charge < -0.3 is 5.32 Å². The minimum atomic E-state index is -3.95. The Labute approximate surface area is 189 Å². The molecule has 1 atom stereocenters. The van der Waals surface area contributed by atoms with Crippen molar-refractivity contribution in [3.8, 4) is 0 Å². The van der Waals surface area contributed by atoms with Crippen LogP contribution in [-0.4, -0.2) is 48.1 Å². The van der Waals surface area contributed by atoms with Gasteiger partial charge in [0, 0.05) is 29.9 Å². The first-order valence-electron chi connectivity index (χ1n) is 11.1. The molecule has 32 heavy (non-hydrogen) atoms. The molecule has 0 aliphatic carbocycles. The van der Waals surface area contributed by atoms with Gasteiger partial charge in [-0.25, -0.2) is 12.7 Å². The summed E-state index contributed by atoms with van der Waals surface area (Å²) in [6.45, 7) is 7.55. The molecule has 0 aromatic heterocycles. The number of likely N-dealkylation sites (tertiary alicyclic amines) is 1. The Balaban J connectivity index is 1.47. The summed E-state index contributed by atoms with van der Waals surface area (Å²) in [5.74, 6) is -0.976. The molecule has 0 radical (unpaired) electrons. The van der Waals surface area contributed by atoms with E-state index in [4.69, 9.17) is 0 Å². The molecule has 8 heteroatoms. The second-order valence-electron chi connectivity index (χ2n) is 8.88. The summed E-state index contributed by atoms with van der Waals surface area (Å²) in [5.41, 5.74) is 2.12. The number of nitrogens with one attached hydrogen (secondary N) is 1. The van der Waals surface area contributed by atoms with Gasteiger partial charge in [-0.2, -0.15) is 0 Å². The van der Waals surface area contributed by atoms with E-state index in [-0.39, 0.29) is 16.0 Å². The number of rotatable bonds is 5. The van der Waals surface area contributed by atoms with Crippen LogP contribution in [0.5, 0.6) is 0 Å². The first kappa shape index (κ1) is 22.5. The van der Waals surface area contributed by atoms with Crippen LogP contribution in [-0.2, 0) is 16.6 Å². The molecule has 0 saturated carbocycles. The van der Waals surface area contributed by atoms with Gasteiger partial charge in [0.05, 0.1) is 5.56 Å². The number of anilines is 1. The molecule has 2 amide bonds. The number of amides is 2. The second kappa shape index (κ2) is 8.67. The standard InChI is InChI=1S/C24H29N3O4S/c1-16(2)27-24(29)21-12-9-19(14-22(21)32(27,30)31)23(28)25-20-10-7-18(8-11-20)15-26-13-5-4-6-17(26)3/h7-12,14,16-17H,4-6,13,15H2,1-3H3,(H,25,28). The van der Waals surface area contributed by atoms with Crippen molar-refractivity contribution in [1.29, 1.82) is 0 Å². The third kappa shape index (κ3) is 4.17. The third-order valence-corrected chi connectivity index (χ3v) is 8.22. The molecule has 2 aromatic rings. The third-order valence-electron chi connectivity index (χ3n) is 6.22. The molecular weight excluding hydrogens is 426 g/mol. The highest BCUT2D eigenvalue weighted by atomic mass is 32.2. The molecule has 1 fully saturated rings. The van der Waals surface area contributed by atoms with Crippen molar-refractivity contribution >= 4 is 27.5 Å². The van der Waals surface area contributed by atoms with E-state index in [2.05, 4.69) is 17.1 Å². The van der Waals surface area contributed by atoms with Crippen LogP contribution >= 0.6 is 0 Å². The molecule has 4 rings (SSSR count). The lowest BCUT2D eigenvalue weighted by molar-refractivity contribution is 0.0846. The van der Waals surface area contributed by atoms with Gasteiger partial charge in [0.2, 0.25) is 0 Å². The molecule has 2 heterocycles. The Hall–Kier alpha value is -2.71. The summed E-state index contributed by atoms with van der Waals surface area (Å²) in [5, 5.41) is 2.82. The van der Waals surface area contributed by atoms with E-state index in [0.717, 1.165) is 17.4 Å². The fourth-order valence-electron chi connectivity index (χ4n) is 4.42. The normalized spacial score (nSPS) is 20.4. The molecule has 1 unspecified atom stereocenters. The number of carbonyl (C=O) groups excluding carboxylic acids is 2. The lowest BCUT2D eigenvalue weighted by Crippen LogP contribution is -2.36. The van der Waals surface area contributed by atoms with Crippen molar-refractivity contribution in [1.82, 2.24) is 9.21 Å². The van der Waals surface area contributed by atoms with Crippen LogP contribution in [0.1, 0.15) is 66.3 Å². The average Bonchev–Trinajstić information content (AvgIpc) is 2.96. The number of benzene rings is 2. The highest BCUT2D eigenvalue weighted by molar-refractivity contribution is 7.90. The SMILES string of the molecule is CC1CCCCN1Cc1ccc(NC(=O)c2ccc3c(c2)S(=O)(=O)N(C(C)C)C3=O)cc1. The molecule has 170 valence electrons. The summed E-state index contributed by atoms with van der Waals surface area (Å²) in [4.78, 5) is 27.6. The second-order valence-corrected chi connectivity index (χ2v) is 10.7. The molecule has 0 spiro atoms. The molecular formula is C24H29N3O4S. The quantitative estimate of drug-likeness (QED) is 0.740. The van der Waals surface area contributed by atoms with Gasteiger partial charge in [0.15, 0.2) is 0 Å². The molecule has 2 aliphatic rings. The zero-order valence-corrected chi connectivity index (χ0v) is 19.5. The minimum Gasteiger partial charge on any atom is -0.322 e. The summed E-state index contributed by atoms with van der Waals surface area (Å²) in [6, 6.07) is 12.0. The number of nitrogens with zero attached hydrogens (tertiary/aromatic N) is 2. The maximum atomic E-state index is 12.8. The van der Waals surface area contributed by atoms with Gasteiger partial charge in [0.1, 0.15) is 4.90 Å². The van der Waals surface area contributed by atoms with Crippen molar-refractivity contribution in [3.05, 3.63) is 59.2 Å². The summed E-state index contributed by atoms with van der Waals surface area (Å²) in [6.07, 6.45) is 3.75. The number of sulfonamides is 1. The highest BCUT2D eigenvalue weighted by Crippen LogP contribution is 2.32. The number of hydrogen-bond acceptors (Lipinski definition) is 5. The van der Waals surface area contributed by atoms with Gasteiger partial charge in [0.25, 0.3) is 21.8 Å². The van der Waals surface area contributed by atoms with E-state index < -0.39 is 27.9 Å². The molecule has 1 N–H and O–H groups in total. The van der Waals surface area contributed by atoms with Crippen LogP contribution in [0, 0.1) is 0 Å². The van der Waals surface area contributed by atoms with Gasteiger partial charge in [-0.05, 0) is 76.1 Å². The highest BCUT2D eigenvalue weighted by Gasteiger charge is 2.42. The van der Waals surface area contributed by atoms with Crippen molar-refractivity contribution < 1.29 is 18.0 Å². The van der Waals surface area contributed by atoms with E-state index in [1.54, 1.807) is 13.8 Å². The summed E-state index contributed by atoms with van der Waals surface area (Å²) >= 11 is 0. The largest absolute Gasteiger partial charge is 0.322 e. The average molecular weight is 456 g/mol. The molecule has 2 aromatic carbocycles. The predicted molar refractivity (Wildman–Crippen MR) is 123 cm³/mol.